The summed E-state index contributed by atoms with van der Waals surface area (Å²) in [6.07, 6.45) is 0.515. The molecule has 0 aliphatic carbocycles. The molecule has 0 rings (SSSR count). The van der Waals surface area contributed by atoms with Crippen LogP contribution >= 0.6 is 0 Å². The van der Waals surface area contributed by atoms with Gasteiger partial charge in [-0.15, -0.1) is 0 Å². The number of nitrogens with one attached hydrogen (secondary N) is 2. The van der Waals surface area contributed by atoms with Gasteiger partial charge in [-0.2, -0.15) is 0 Å². The number of rotatable bonds is 5. The number of amides is 3. The number of aliphatic hydroxyl groups is 1. The molecule has 1 atom stereocenters. The predicted octanol–water partition coefficient (Wildman–Crippen LogP) is -0.680. The number of hydrogen-bond donors (Lipinski definition) is 4. The van der Waals surface area contributed by atoms with Gasteiger partial charge in [-0.3, -0.25) is 10.1 Å². The van der Waals surface area contributed by atoms with Gasteiger partial charge in [-0.25, -0.2) is 4.79 Å². The predicted molar refractivity (Wildman–Crippen MR) is 56.1 cm³/mol. The lowest BCUT2D eigenvalue weighted by atomic mass is 10.00. The van der Waals surface area contributed by atoms with Gasteiger partial charge in [0.25, 0.3) is 0 Å². The van der Waals surface area contributed by atoms with Crippen LogP contribution in [0.25, 0.3) is 0 Å². The Morgan fingerprint density at radius 2 is 2.00 bits per heavy atom. The number of aliphatic hydroxyl groups excluding tert-OH is 1. The van der Waals surface area contributed by atoms with Crippen molar-refractivity contribution in [2.24, 2.45) is 5.73 Å². The van der Waals surface area contributed by atoms with Crippen LogP contribution in [0.5, 0.6) is 0 Å². The number of urea groups is 1. The second-order valence-electron chi connectivity index (χ2n) is 4.08. The number of nitrogens with two attached hydrogens (primary N) is 1. The molecule has 0 radical (unpaired) electrons. The Labute approximate surface area is 89.2 Å². The monoisotopic (exact) mass is 217 g/mol. The topological polar surface area (TPSA) is 104 Å². The summed E-state index contributed by atoms with van der Waals surface area (Å²) in [5.74, 6) is -0.478. The Morgan fingerprint density at radius 3 is 2.40 bits per heavy atom. The first-order valence-corrected chi connectivity index (χ1v) is 4.77. The third-order valence-corrected chi connectivity index (χ3v) is 1.98. The zero-order valence-electron chi connectivity index (χ0n) is 9.33. The van der Waals surface area contributed by atoms with Crippen LogP contribution < -0.4 is 16.4 Å². The average Bonchev–Trinajstić information content (AvgIpc) is 2.01. The van der Waals surface area contributed by atoms with Crippen molar-refractivity contribution in [2.45, 2.75) is 38.8 Å². The minimum absolute atomic E-state index is 0.0319. The van der Waals surface area contributed by atoms with E-state index in [4.69, 9.17) is 10.8 Å². The summed E-state index contributed by atoms with van der Waals surface area (Å²) >= 11 is 0. The van der Waals surface area contributed by atoms with Gasteiger partial charge in [0, 0.05) is 12.1 Å². The Kier molecular flexibility index (Phi) is 5.24. The SMILES string of the molecule is CC(NC(C)(C)CCO)C(=O)NC(N)=O. The summed E-state index contributed by atoms with van der Waals surface area (Å²) in [6, 6.07) is -1.41. The highest BCUT2D eigenvalue weighted by Crippen LogP contribution is 2.08. The van der Waals surface area contributed by atoms with Crippen molar-refractivity contribution in [1.29, 1.82) is 0 Å². The highest BCUT2D eigenvalue weighted by Gasteiger charge is 2.23. The molecular formula is C9H19N3O3. The average molecular weight is 217 g/mol. The molecule has 5 N–H and O–H groups in total. The zero-order valence-corrected chi connectivity index (χ0v) is 9.33. The molecule has 0 aliphatic heterocycles. The fraction of sp³-hybridized carbons (Fsp3) is 0.778. The van der Waals surface area contributed by atoms with Gasteiger partial charge < -0.3 is 16.2 Å². The summed E-state index contributed by atoms with van der Waals surface area (Å²) in [5, 5.41) is 13.7. The van der Waals surface area contributed by atoms with E-state index in [1.807, 2.05) is 19.2 Å². The minimum atomic E-state index is -0.867. The van der Waals surface area contributed by atoms with Crippen molar-refractivity contribution in [3.63, 3.8) is 0 Å². The van der Waals surface area contributed by atoms with Gasteiger partial charge in [0.1, 0.15) is 0 Å². The van der Waals surface area contributed by atoms with Crippen LogP contribution in [0.15, 0.2) is 0 Å². The summed E-state index contributed by atoms with van der Waals surface area (Å²) in [4.78, 5) is 21.7. The summed E-state index contributed by atoms with van der Waals surface area (Å²) in [5.41, 5.74) is 4.44. The van der Waals surface area contributed by atoms with Gasteiger partial charge in [0.05, 0.1) is 6.04 Å². The lowest BCUT2D eigenvalue weighted by Gasteiger charge is -2.28. The van der Waals surface area contributed by atoms with Crippen molar-refractivity contribution in [3.8, 4) is 0 Å². The number of carbonyl (C=O) groups is 2. The van der Waals surface area contributed by atoms with E-state index < -0.39 is 18.0 Å². The molecule has 1 unspecified atom stereocenters. The molecule has 3 amide bonds. The van der Waals surface area contributed by atoms with Crippen molar-refractivity contribution in [1.82, 2.24) is 10.6 Å². The molecule has 0 spiro atoms. The standard InChI is InChI=1S/C9H19N3O3/c1-6(7(14)11-8(10)15)12-9(2,3)4-5-13/h6,12-13H,4-5H2,1-3H3,(H3,10,11,14,15). The van der Waals surface area contributed by atoms with E-state index in [9.17, 15) is 9.59 Å². The van der Waals surface area contributed by atoms with E-state index in [1.54, 1.807) is 6.92 Å². The molecule has 0 saturated carbocycles. The normalized spacial score (nSPS) is 13.3. The molecule has 0 aromatic heterocycles. The number of imide groups is 1. The van der Waals surface area contributed by atoms with E-state index >= 15 is 0 Å². The van der Waals surface area contributed by atoms with Gasteiger partial charge >= 0.3 is 6.03 Å². The summed E-state index contributed by atoms with van der Waals surface area (Å²) < 4.78 is 0. The van der Waals surface area contributed by atoms with Crippen molar-refractivity contribution < 1.29 is 14.7 Å². The molecule has 0 aromatic carbocycles. The summed E-state index contributed by atoms with van der Waals surface area (Å²) in [7, 11) is 0. The van der Waals surface area contributed by atoms with Crippen molar-refractivity contribution >= 4 is 11.9 Å². The van der Waals surface area contributed by atoms with E-state index in [1.165, 1.54) is 0 Å². The Morgan fingerprint density at radius 1 is 1.47 bits per heavy atom. The first-order valence-electron chi connectivity index (χ1n) is 4.77. The Balaban J connectivity index is 4.17. The fourth-order valence-corrected chi connectivity index (χ4v) is 1.23. The quantitative estimate of drug-likeness (QED) is 0.489. The molecule has 15 heavy (non-hydrogen) atoms. The summed E-state index contributed by atoms with van der Waals surface area (Å²) in [6.45, 7) is 5.37. The van der Waals surface area contributed by atoms with E-state index in [0.717, 1.165) is 0 Å². The smallest absolute Gasteiger partial charge is 0.318 e. The molecule has 0 saturated heterocycles. The minimum Gasteiger partial charge on any atom is -0.396 e. The highest BCUT2D eigenvalue weighted by molar-refractivity contribution is 5.96. The number of hydrogen-bond acceptors (Lipinski definition) is 4. The second kappa shape index (κ2) is 5.67. The van der Waals surface area contributed by atoms with E-state index in [0.29, 0.717) is 6.42 Å². The fourth-order valence-electron chi connectivity index (χ4n) is 1.23. The molecule has 0 bridgehead atoms. The van der Waals surface area contributed by atoms with Crippen molar-refractivity contribution in [2.75, 3.05) is 6.61 Å². The van der Waals surface area contributed by atoms with Gasteiger partial charge in [-0.1, -0.05) is 0 Å². The van der Waals surface area contributed by atoms with E-state index in [2.05, 4.69) is 5.32 Å². The second-order valence-corrected chi connectivity index (χ2v) is 4.08. The first-order chi connectivity index (χ1) is 6.78. The zero-order chi connectivity index (χ0) is 12.1. The maximum Gasteiger partial charge on any atom is 0.318 e. The maximum atomic E-state index is 11.3. The Bertz CT molecular complexity index is 241. The van der Waals surface area contributed by atoms with Crippen LogP contribution in [0, 0.1) is 0 Å². The van der Waals surface area contributed by atoms with Gasteiger partial charge in [0.2, 0.25) is 5.91 Å². The lowest BCUT2D eigenvalue weighted by Crippen LogP contribution is -2.53. The van der Waals surface area contributed by atoms with Crippen LogP contribution in [0.3, 0.4) is 0 Å². The Hall–Kier alpha value is -1.14. The van der Waals surface area contributed by atoms with Crippen LogP contribution in [-0.2, 0) is 4.79 Å². The van der Waals surface area contributed by atoms with Crippen LogP contribution in [0.2, 0.25) is 0 Å². The molecule has 0 heterocycles. The van der Waals surface area contributed by atoms with Gasteiger partial charge in [-0.05, 0) is 27.2 Å². The van der Waals surface area contributed by atoms with Crippen molar-refractivity contribution in [3.05, 3.63) is 0 Å². The number of carbonyl (C=O) groups excluding carboxylic acids is 2. The van der Waals surface area contributed by atoms with Gasteiger partial charge in [0.15, 0.2) is 0 Å². The van der Waals surface area contributed by atoms with Crippen LogP contribution in [0.1, 0.15) is 27.2 Å². The molecule has 0 aromatic rings. The van der Waals surface area contributed by atoms with Crippen LogP contribution in [0.4, 0.5) is 4.79 Å². The largest absolute Gasteiger partial charge is 0.396 e. The molecular weight excluding hydrogens is 198 g/mol. The number of primary amides is 1. The molecule has 6 nitrogen and oxygen atoms in total. The molecule has 0 aliphatic rings. The lowest BCUT2D eigenvalue weighted by molar-refractivity contribution is -0.122. The molecule has 88 valence electrons. The third kappa shape index (κ3) is 6.03. The third-order valence-electron chi connectivity index (χ3n) is 1.98. The highest BCUT2D eigenvalue weighted by atomic mass is 16.3. The first kappa shape index (κ1) is 13.9. The molecule has 6 heteroatoms. The maximum absolute atomic E-state index is 11.3. The van der Waals surface area contributed by atoms with E-state index in [-0.39, 0.29) is 12.1 Å². The molecule has 0 fully saturated rings. The van der Waals surface area contributed by atoms with Crippen LogP contribution in [-0.4, -0.2) is 35.2 Å².